The maximum absolute atomic E-state index is 12.0. The molecule has 1 saturated carbocycles. The number of amides is 1. The van der Waals surface area contributed by atoms with Crippen LogP contribution < -0.4 is 10.2 Å². The second-order valence-electron chi connectivity index (χ2n) is 5.90. The van der Waals surface area contributed by atoms with Gasteiger partial charge in [-0.2, -0.15) is 9.36 Å². The lowest BCUT2D eigenvalue weighted by molar-refractivity contribution is 0.0937. The van der Waals surface area contributed by atoms with Crippen LogP contribution in [0.2, 0.25) is 0 Å². The molecule has 0 spiro atoms. The van der Waals surface area contributed by atoms with Crippen LogP contribution in [0.5, 0.6) is 0 Å². The van der Waals surface area contributed by atoms with Crippen LogP contribution in [-0.4, -0.2) is 38.0 Å². The predicted octanol–water partition coefficient (Wildman–Crippen LogP) is 1.72. The number of carbonyl (C=O) groups excluding carboxylic acids is 1. The van der Waals surface area contributed by atoms with Gasteiger partial charge in [-0.1, -0.05) is 12.1 Å². The Balaban J connectivity index is 1.51. The first kappa shape index (κ1) is 14.6. The molecule has 1 aliphatic carbocycles. The Bertz CT molecular complexity index is 710. The molecule has 1 amide bonds. The van der Waals surface area contributed by atoms with Gasteiger partial charge in [-0.3, -0.25) is 4.79 Å². The SMILES string of the molecule is CCc1nsc(N2CCC[C@H]2c2nc(C(=O)NC3CC3)no2)n1. The predicted molar refractivity (Wildman–Crippen MR) is 83.4 cm³/mol. The van der Waals surface area contributed by atoms with Crippen molar-refractivity contribution in [2.45, 2.75) is 51.1 Å². The molecule has 2 aliphatic rings. The van der Waals surface area contributed by atoms with E-state index in [0.29, 0.717) is 5.89 Å². The van der Waals surface area contributed by atoms with Crippen LogP contribution in [0.15, 0.2) is 4.52 Å². The van der Waals surface area contributed by atoms with Crippen LogP contribution >= 0.6 is 11.5 Å². The van der Waals surface area contributed by atoms with Gasteiger partial charge in [0, 0.05) is 30.5 Å². The van der Waals surface area contributed by atoms with E-state index in [1.54, 1.807) is 0 Å². The molecule has 122 valence electrons. The van der Waals surface area contributed by atoms with E-state index in [-0.39, 0.29) is 23.8 Å². The quantitative estimate of drug-likeness (QED) is 0.889. The van der Waals surface area contributed by atoms with Gasteiger partial charge in [0.25, 0.3) is 11.7 Å². The molecule has 3 heterocycles. The second-order valence-corrected chi connectivity index (χ2v) is 6.63. The summed E-state index contributed by atoms with van der Waals surface area (Å²) in [6.07, 6.45) is 4.82. The highest BCUT2D eigenvalue weighted by molar-refractivity contribution is 7.09. The number of carbonyl (C=O) groups is 1. The zero-order valence-electron chi connectivity index (χ0n) is 12.9. The molecule has 1 aliphatic heterocycles. The third-order valence-electron chi connectivity index (χ3n) is 4.11. The molecular weight excluding hydrogens is 316 g/mol. The molecule has 1 N–H and O–H groups in total. The lowest BCUT2D eigenvalue weighted by Gasteiger charge is -2.19. The minimum atomic E-state index is -0.253. The van der Waals surface area contributed by atoms with Gasteiger partial charge in [-0.15, -0.1) is 0 Å². The van der Waals surface area contributed by atoms with Crippen molar-refractivity contribution in [1.29, 1.82) is 0 Å². The van der Waals surface area contributed by atoms with E-state index in [2.05, 4.69) is 29.7 Å². The van der Waals surface area contributed by atoms with Crippen LogP contribution in [0.4, 0.5) is 5.13 Å². The van der Waals surface area contributed by atoms with E-state index in [1.165, 1.54) is 11.5 Å². The first-order valence-corrected chi connectivity index (χ1v) is 8.75. The number of rotatable bonds is 5. The zero-order valence-corrected chi connectivity index (χ0v) is 13.7. The number of anilines is 1. The number of aromatic nitrogens is 4. The lowest BCUT2D eigenvalue weighted by Crippen LogP contribution is -2.27. The fraction of sp³-hybridized carbons (Fsp3) is 0.643. The van der Waals surface area contributed by atoms with Gasteiger partial charge < -0.3 is 14.7 Å². The molecular formula is C14H18N6O2S. The maximum Gasteiger partial charge on any atom is 0.292 e. The highest BCUT2D eigenvalue weighted by atomic mass is 32.1. The minimum absolute atomic E-state index is 0.0253. The molecule has 2 aromatic rings. The van der Waals surface area contributed by atoms with Crippen molar-refractivity contribution in [3.63, 3.8) is 0 Å². The molecule has 9 heteroatoms. The molecule has 2 fully saturated rings. The number of hydrogen-bond acceptors (Lipinski definition) is 8. The number of hydrogen-bond donors (Lipinski definition) is 1. The summed E-state index contributed by atoms with van der Waals surface area (Å²) in [4.78, 5) is 23.0. The first-order chi connectivity index (χ1) is 11.2. The normalized spacial score (nSPS) is 20.9. The van der Waals surface area contributed by atoms with Crippen LogP contribution in [-0.2, 0) is 6.42 Å². The van der Waals surface area contributed by atoms with Crippen LogP contribution in [0.25, 0.3) is 0 Å². The van der Waals surface area contributed by atoms with Gasteiger partial charge >= 0.3 is 0 Å². The van der Waals surface area contributed by atoms with E-state index in [1.807, 2.05) is 6.92 Å². The van der Waals surface area contributed by atoms with Crippen molar-refractivity contribution in [3.05, 3.63) is 17.5 Å². The summed E-state index contributed by atoms with van der Waals surface area (Å²) >= 11 is 1.40. The third-order valence-corrected chi connectivity index (χ3v) is 4.91. The highest BCUT2D eigenvalue weighted by Crippen LogP contribution is 2.36. The zero-order chi connectivity index (χ0) is 15.8. The molecule has 23 heavy (non-hydrogen) atoms. The molecule has 2 aromatic heterocycles. The first-order valence-electron chi connectivity index (χ1n) is 7.98. The Morgan fingerprint density at radius 3 is 3.00 bits per heavy atom. The fourth-order valence-electron chi connectivity index (χ4n) is 2.70. The Morgan fingerprint density at radius 1 is 1.39 bits per heavy atom. The van der Waals surface area contributed by atoms with Crippen LogP contribution in [0.3, 0.4) is 0 Å². The third kappa shape index (κ3) is 2.92. The molecule has 4 rings (SSSR count). The summed E-state index contributed by atoms with van der Waals surface area (Å²) in [7, 11) is 0. The van der Waals surface area contributed by atoms with E-state index in [9.17, 15) is 4.79 Å². The minimum Gasteiger partial charge on any atom is -0.346 e. The highest BCUT2D eigenvalue weighted by Gasteiger charge is 2.34. The summed E-state index contributed by atoms with van der Waals surface area (Å²) in [5.74, 6) is 1.20. The van der Waals surface area contributed by atoms with E-state index in [4.69, 9.17) is 4.52 Å². The number of nitrogens with zero attached hydrogens (tertiary/aromatic N) is 5. The second kappa shape index (κ2) is 5.88. The Kier molecular flexibility index (Phi) is 3.72. The van der Waals surface area contributed by atoms with Crippen molar-refractivity contribution in [3.8, 4) is 0 Å². The van der Waals surface area contributed by atoms with E-state index >= 15 is 0 Å². The molecule has 8 nitrogen and oxygen atoms in total. The average molecular weight is 334 g/mol. The molecule has 1 atom stereocenters. The fourth-order valence-corrected chi connectivity index (χ4v) is 3.52. The van der Waals surface area contributed by atoms with Crippen LogP contribution in [0, 0.1) is 0 Å². The average Bonchev–Trinajstić information content (AvgIpc) is 3.05. The maximum atomic E-state index is 12.0. The van der Waals surface area contributed by atoms with E-state index in [0.717, 1.165) is 49.6 Å². The van der Waals surface area contributed by atoms with Crippen molar-refractivity contribution in [1.82, 2.24) is 24.8 Å². The monoisotopic (exact) mass is 334 g/mol. The van der Waals surface area contributed by atoms with Gasteiger partial charge in [0.05, 0.1) is 0 Å². The summed E-state index contributed by atoms with van der Waals surface area (Å²) in [6, 6.07) is 0.254. The Labute approximate surface area is 137 Å². The largest absolute Gasteiger partial charge is 0.346 e. The van der Waals surface area contributed by atoms with Gasteiger partial charge in [-0.05, 0) is 25.7 Å². The summed E-state index contributed by atoms with van der Waals surface area (Å²) in [6.45, 7) is 2.92. The van der Waals surface area contributed by atoms with Crippen LogP contribution in [0.1, 0.15) is 61.0 Å². The van der Waals surface area contributed by atoms with Gasteiger partial charge in [0.1, 0.15) is 11.9 Å². The van der Waals surface area contributed by atoms with Crippen molar-refractivity contribution in [2.75, 3.05) is 11.4 Å². The van der Waals surface area contributed by atoms with Crippen molar-refractivity contribution in [2.24, 2.45) is 0 Å². The summed E-state index contributed by atoms with van der Waals surface area (Å²) < 4.78 is 9.69. The van der Waals surface area contributed by atoms with Crippen molar-refractivity contribution < 1.29 is 9.32 Å². The molecule has 0 bridgehead atoms. The van der Waals surface area contributed by atoms with E-state index < -0.39 is 0 Å². The molecule has 0 aromatic carbocycles. The van der Waals surface area contributed by atoms with Gasteiger partial charge in [-0.25, -0.2) is 4.98 Å². The van der Waals surface area contributed by atoms with Crippen molar-refractivity contribution >= 4 is 22.6 Å². The topological polar surface area (TPSA) is 97.0 Å². The Hall–Kier alpha value is -2.03. The molecule has 1 saturated heterocycles. The standard InChI is InChI=1S/C14H18N6O2S/c1-2-10-16-14(23-19-10)20-7-3-4-9(20)13-17-11(18-22-13)12(21)15-8-5-6-8/h8-9H,2-7H2,1H3,(H,15,21)/t9-/m0/s1. The number of aryl methyl sites for hydroxylation is 1. The summed E-state index contributed by atoms with van der Waals surface area (Å²) in [5.41, 5.74) is 0. The molecule has 0 radical (unpaired) electrons. The lowest BCUT2D eigenvalue weighted by atomic mass is 10.2. The van der Waals surface area contributed by atoms with Gasteiger partial charge in [0.2, 0.25) is 11.0 Å². The summed E-state index contributed by atoms with van der Waals surface area (Å²) in [5, 5.41) is 7.58. The molecule has 0 unspecified atom stereocenters. The number of nitrogens with one attached hydrogen (secondary N) is 1. The van der Waals surface area contributed by atoms with Gasteiger partial charge in [0.15, 0.2) is 0 Å². The smallest absolute Gasteiger partial charge is 0.292 e. The Morgan fingerprint density at radius 2 is 2.26 bits per heavy atom.